The van der Waals surface area contributed by atoms with Crippen LogP contribution in [0.1, 0.15) is 11.1 Å². The number of hydrogen-bond donors (Lipinski definition) is 1. The van der Waals surface area contributed by atoms with Gasteiger partial charge in [0.1, 0.15) is 17.6 Å². The number of aromatic nitrogens is 1. The molecule has 0 aliphatic rings. The van der Waals surface area contributed by atoms with Gasteiger partial charge in [-0.25, -0.2) is 0 Å². The van der Waals surface area contributed by atoms with Crippen molar-refractivity contribution in [3.05, 3.63) is 52.3 Å². The van der Waals surface area contributed by atoms with E-state index in [0.717, 1.165) is 10.0 Å². The molecule has 90 valence electrons. The fraction of sp³-hybridized carbons (Fsp3) is 0.0769. The highest BCUT2D eigenvalue weighted by Gasteiger charge is 2.06. The number of nitrogens with zero attached hydrogens (tertiary/aromatic N) is 2. The van der Waals surface area contributed by atoms with Crippen LogP contribution in [-0.2, 0) is 6.54 Å². The largest absolute Gasteiger partial charge is 0.454 e. The first-order valence-electron chi connectivity index (χ1n) is 5.24. The third kappa shape index (κ3) is 2.86. The molecule has 0 aliphatic carbocycles. The summed E-state index contributed by atoms with van der Waals surface area (Å²) < 4.78 is 6.44. The van der Waals surface area contributed by atoms with Crippen LogP contribution in [0, 0.1) is 11.3 Å². The number of ether oxygens (including phenoxy) is 1. The normalized spacial score (nSPS) is 9.83. The van der Waals surface area contributed by atoms with Crippen molar-refractivity contribution in [2.45, 2.75) is 6.54 Å². The van der Waals surface area contributed by atoms with Gasteiger partial charge < -0.3 is 10.5 Å². The molecule has 1 aromatic heterocycles. The van der Waals surface area contributed by atoms with Gasteiger partial charge in [0.05, 0.1) is 11.8 Å². The first-order valence-corrected chi connectivity index (χ1v) is 6.03. The van der Waals surface area contributed by atoms with Gasteiger partial charge in [0.15, 0.2) is 0 Å². The van der Waals surface area contributed by atoms with Crippen molar-refractivity contribution >= 4 is 15.9 Å². The van der Waals surface area contributed by atoms with E-state index in [-0.39, 0.29) is 0 Å². The minimum Gasteiger partial charge on any atom is -0.454 e. The summed E-state index contributed by atoms with van der Waals surface area (Å²) in [5.41, 5.74) is 6.88. The summed E-state index contributed by atoms with van der Waals surface area (Å²) in [6.07, 6.45) is 3.25. The van der Waals surface area contributed by atoms with Crippen LogP contribution in [0.3, 0.4) is 0 Å². The van der Waals surface area contributed by atoms with E-state index in [2.05, 4.69) is 27.0 Å². The maximum atomic E-state index is 9.08. The lowest BCUT2D eigenvalue weighted by Gasteiger charge is -2.08. The Labute approximate surface area is 113 Å². The molecule has 0 aliphatic heterocycles. The first-order chi connectivity index (χ1) is 8.72. The molecule has 5 heteroatoms. The van der Waals surface area contributed by atoms with Gasteiger partial charge in [-0.05, 0) is 39.7 Å². The summed E-state index contributed by atoms with van der Waals surface area (Å²) in [4.78, 5) is 3.99. The molecule has 0 fully saturated rings. The highest BCUT2D eigenvalue weighted by atomic mass is 79.9. The van der Waals surface area contributed by atoms with Crippen molar-refractivity contribution < 1.29 is 4.74 Å². The van der Waals surface area contributed by atoms with Gasteiger partial charge in [0.2, 0.25) is 0 Å². The molecule has 2 aromatic rings. The van der Waals surface area contributed by atoms with Crippen molar-refractivity contribution in [1.29, 1.82) is 5.26 Å². The Balaban J connectivity index is 2.32. The summed E-state index contributed by atoms with van der Waals surface area (Å²) in [5.74, 6) is 1.07. The Bertz CT molecular complexity index is 607. The molecule has 0 saturated carbocycles. The predicted octanol–water partition coefficient (Wildman–Crippen LogP) is 2.97. The lowest BCUT2D eigenvalue weighted by atomic mass is 10.1. The lowest BCUT2D eigenvalue weighted by Crippen LogP contribution is -1.97. The molecular formula is C13H10BrN3O. The van der Waals surface area contributed by atoms with Crippen molar-refractivity contribution in [3.8, 4) is 17.6 Å². The first kappa shape index (κ1) is 12.6. The van der Waals surface area contributed by atoms with E-state index >= 15 is 0 Å². The zero-order valence-electron chi connectivity index (χ0n) is 9.43. The molecule has 0 unspecified atom stereocenters. The van der Waals surface area contributed by atoms with Gasteiger partial charge >= 0.3 is 0 Å². The minimum absolute atomic E-state index is 0.396. The fourth-order valence-corrected chi connectivity index (χ4v) is 1.80. The molecule has 18 heavy (non-hydrogen) atoms. The van der Waals surface area contributed by atoms with Crippen LogP contribution in [0.4, 0.5) is 0 Å². The number of hydrogen-bond acceptors (Lipinski definition) is 4. The van der Waals surface area contributed by atoms with Crippen LogP contribution in [-0.4, -0.2) is 4.98 Å². The van der Waals surface area contributed by atoms with Crippen molar-refractivity contribution in [1.82, 2.24) is 4.98 Å². The van der Waals surface area contributed by atoms with E-state index in [9.17, 15) is 0 Å². The molecule has 0 saturated heterocycles. The smallest absolute Gasteiger partial charge is 0.146 e. The number of rotatable bonds is 3. The summed E-state index contributed by atoms with van der Waals surface area (Å²) in [6, 6.07) is 9.17. The van der Waals surface area contributed by atoms with Crippen LogP contribution in [0.15, 0.2) is 41.1 Å². The number of benzene rings is 1. The molecule has 2 N–H and O–H groups in total. The standard InChI is InChI=1S/C13H10BrN3O/c14-11-4-12(8-17-7-11)18-13-2-1-9(5-15)3-10(13)6-16/h1-4,7-8H,5,15H2. The van der Waals surface area contributed by atoms with E-state index in [1.807, 2.05) is 6.07 Å². The van der Waals surface area contributed by atoms with Gasteiger partial charge in [-0.2, -0.15) is 5.26 Å². The summed E-state index contributed by atoms with van der Waals surface area (Å²) in [6.45, 7) is 0.396. The van der Waals surface area contributed by atoms with E-state index < -0.39 is 0 Å². The summed E-state index contributed by atoms with van der Waals surface area (Å²) in [7, 11) is 0. The molecule has 0 spiro atoms. The molecule has 0 amide bonds. The number of nitriles is 1. The van der Waals surface area contributed by atoms with Crippen molar-refractivity contribution in [2.75, 3.05) is 0 Å². The monoisotopic (exact) mass is 303 g/mol. The van der Waals surface area contributed by atoms with Gasteiger partial charge in [0.25, 0.3) is 0 Å². The third-order valence-corrected chi connectivity index (χ3v) is 2.74. The molecule has 0 bridgehead atoms. The van der Waals surface area contributed by atoms with Gasteiger partial charge in [0, 0.05) is 17.2 Å². The van der Waals surface area contributed by atoms with E-state index in [1.165, 1.54) is 0 Å². The Morgan fingerprint density at radius 3 is 2.83 bits per heavy atom. The topological polar surface area (TPSA) is 71.9 Å². The molecule has 0 atom stereocenters. The molecule has 2 rings (SSSR count). The summed E-state index contributed by atoms with van der Waals surface area (Å²) in [5, 5.41) is 9.08. The van der Waals surface area contributed by atoms with Crippen LogP contribution < -0.4 is 10.5 Å². The lowest BCUT2D eigenvalue weighted by molar-refractivity contribution is 0.478. The van der Waals surface area contributed by atoms with Crippen LogP contribution in [0.5, 0.6) is 11.5 Å². The third-order valence-electron chi connectivity index (χ3n) is 2.31. The quantitative estimate of drug-likeness (QED) is 0.946. The van der Waals surface area contributed by atoms with Crippen molar-refractivity contribution in [3.63, 3.8) is 0 Å². The van der Waals surface area contributed by atoms with E-state index in [1.54, 1.807) is 30.6 Å². The van der Waals surface area contributed by atoms with Crippen molar-refractivity contribution in [2.24, 2.45) is 5.73 Å². The molecular weight excluding hydrogens is 294 g/mol. The molecule has 4 nitrogen and oxygen atoms in total. The van der Waals surface area contributed by atoms with Gasteiger partial charge in [-0.15, -0.1) is 0 Å². The number of nitrogens with two attached hydrogens (primary N) is 1. The number of halogens is 1. The SMILES string of the molecule is N#Cc1cc(CN)ccc1Oc1cncc(Br)c1. The van der Waals surface area contributed by atoms with E-state index in [4.69, 9.17) is 15.7 Å². The zero-order chi connectivity index (χ0) is 13.0. The van der Waals surface area contributed by atoms with E-state index in [0.29, 0.717) is 23.6 Å². The Hall–Kier alpha value is -1.90. The predicted molar refractivity (Wildman–Crippen MR) is 71.1 cm³/mol. The average Bonchev–Trinajstić information content (AvgIpc) is 2.39. The van der Waals surface area contributed by atoms with Crippen LogP contribution >= 0.6 is 15.9 Å². The van der Waals surface area contributed by atoms with Crippen LogP contribution in [0.2, 0.25) is 0 Å². The second-order valence-corrected chi connectivity index (χ2v) is 4.50. The number of pyridine rings is 1. The second-order valence-electron chi connectivity index (χ2n) is 3.59. The van der Waals surface area contributed by atoms with Gasteiger partial charge in [-0.3, -0.25) is 4.98 Å². The zero-order valence-corrected chi connectivity index (χ0v) is 11.0. The fourth-order valence-electron chi connectivity index (χ4n) is 1.46. The maximum absolute atomic E-state index is 9.08. The highest BCUT2D eigenvalue weighted by Crippen LogP contribution is 2.26. The minimum atomic E-state index is 0.396. The second kappa shape index (κ2) is 5.63. The van der Waals surface area contributed by atoms with Gasteiger partial charge in [-0.1, -0.05) is 6.07 Å². The molecule has 1 heterocycles. The highest BCUT2D eigenvalue weighted by molar-refractivity contribution is 9.10. The Kier molecular flexibility index (Phi) is 3.92. The Morgan fingerprint density at radius 2 is 2.17 bits per heavy atom. The van der Waals surface area contributed by atoms with Crippen LogP contribution in [0.25, 0.3) is 0 Å². The molecule has 0 radical (unpaired) electrons. The summed E-state index contributed by atoms with van der Waals surface area (Å²) >= 11 is 3.31. The molecule has 1 aromatic carbocycles. The maximum Gasteiger partial charge on any atom is 0.146 e. The average molecular weight is 304 g/mol. The Morgan fingerprint density at radius 1 is 1.33 bits per heavy atom.